The largest absolute Gasteiger partial charge is 0.508 e. The Kier molecular flexibility index (Phi) is 4.06. The van der Waals surface area contributed by atoms with Crippen LogP contribution in [0.2, 0.25) is 0 Å². The molecule has 0 aliphatic carbocycles. The van der Waals surface area contributed by atoms with E-state index in [-0.39, 0.29) is 5.75 Å². The molecule has 0 aliphatic rings. The lowest BCUT2D eigenvalue weighted by molar-refractivity contribution is 0.469. The van der Waals surface area contributed by atoms with Gasteiger partial charge in [-0.3, -0.25) is 15.1 Å². The number of halogens is 1. The third-order valence-corrected chi connectivity index (χ3v) is 5.92. The van der Waals surface area contributed by atoms with Crippen molar-refractivity contribution in [2.45, 2.75) is 6.92 Å². The van der Waals surface area contributed by atoms with E-state index in [1.54, 1.807) is 24.8 Å². The van der Waals surface area contributed by atoms with Gasteiger partial charge in [-0.15, -0.1) is 0 Å². The predicted molar refractivity (Wildman–Crippen MR) is 123 cm³/mol. The molecule has 33 heavy (non-hydrogen) atoms. The second-order valence-corrected chi connectivity index (χ2v) is 7.97. The molecular weight excluding hydrogens is 421 g/mol. The average Bonchev–Trinajstić information content (AvgIpc) is 3.49. The van der Waals surface area contributed by atoms with E-state index < -0.39 is 5.82 Å². The van der Waals surface area contributed by atoms with E-state index in [0.29, 0.717) is 11.1 Å². The summed E-state index contributed by atoms with van der Waals surface area (Å²) in [6.07, 6.45) is 6.93. The van der Waals surface area contributed by atoms with Crippen LogP contribution >= 0.6 is 0 Å². The maximum Gasteiger partial charge on any atom is 0.127 e. The molecule has 6 rings (SSSR count). The van der Waals surface area contributed by atoms with Crippen molar-refractivity contribution in [3.63, 3.8) is 0 Å². The first-order valence-electron chi connectivity index (χ1n) is 10.3. The Hall–Kier alpha value is -4.53. The normalized spacial score (nSPS) is 11.6. The van der Waals surface area contributed by atoms with Gasteiger partial charge in [0.1, 0.15) is 23.1 Å². The van der Waals surface area contributed by atoms with Crippen LogP contribution in [-0.4, -0.2) is 39.8 Å². The first-order chi connectivity index (χ1) is 16.0. The number of nitrogens with zero attached hydrogens (tertiary/aromatic N) is 5. The summed E-state index contributed by atoms with van der Waals surface area (Å²) in [5.74, 6) is 0.251. The fraction of sp³-hybridized carbons (Fsp3) is 0.0833. The molecule has 0 fully saturated rings. The van der Waals surface area contributed by atoms with Crippen LogP contribution in [0.25, 0.3) is 55.7 Å². The maximum absolute atomic E-state index is 13.9. The van der Waals surface area contributed by atoms with Gasteiger partial charge in [0, 0.05) is 35.6 Å². The molecule has 0 unspecified atom stereocenters. The fourth-order valence-corrected chi connectivity index (χ4v) is 4.14. The van der Waals surface area contributed by atoms with Crippen LogP contribution in [-0.2, 0) is 7.05 Å². The van der Waals surface area contributed by atoms with E-state index in [1.165, 1.54) is 12.1 Å². The number of hydrogen-bond donors (Lipinski definition) is 3. The highest BCUT2D eigenvalue weighted by atomic mass is 19.1. The first-order valence-corrected chi connectivity index (χ1v) is 10.3. The number of imidazole rings is 1. The van der Waals surface area contributed by atoms with Crippen molar-refractivity contribution in [2.75, 3.05) is 0 Å². The molecule has 0 saturated heterocycles. The van der Waals surface area contributed by atoms with Gasteiger partial charge in [0.15, 0.2) is 0 Å². The van der Waals surface area contributed by atoms with E-state index >= 15 is 0 Å². The molecule has 0 bridgehead atoms. The summed E-state index contributed by atoms with van der Waals surface area (Å²) < 4.78 is 15.9. The molecule has 9 heteroatoms. The first kappa shape index (κ1) is 19.2. The smallest absolute Gasteiger partial charge is 0.127 e. The summed E-state index contributed by atoms with van der Waals surface area (Å²) in [7, 11) is 1.95. The summed E-state index contributed by atoms with van der Waals surface area (Å²) in [4.78, 5) is 16.6. The number of phenols is 1. The number of rotatable bonds is 3. The van der Waals surface area contributed by atoms with Gasteiger partial charge in [-0.25, -0.2) is 9.37 Å². The van der Waals surface area contributed by atoms with Crippen LogP contribution in [0.3, 0.4) is 0 Å². The van der Waals surface area contributed by atoms with Crippen LogP contribution in [0.1, 0.15) is 5.82 Å². The van der Waals surface area contributed by atoms with E-state index in [0.717, 1.165) is 56.5 Å². The Balaban J connectivity index is 1.52. The number of benzene rings is 1. The van der Waals surface area contributed by atoms with Crippen molar-refractivity contribution in [3.05, 3.63) is 66.8 Å². The van der Waals surface area contributed by atoms with Crippen LogP contribution < -0.4 is 0 Å². The molecule has 0 radical (unpaired) electrons. The van der Waals surface area contributed by atoms with Gasteiger partial charge in [-0.2, -0.15) is 5.10 Å². The Bertz CT molecular complexity index is 1660. The van der Waals surface area contributed by atoms with Gasteiger partial charge < -0.3 is 14.7 Å². The van der Waals surface area contributed by atoms with Crippen LogP contribution in [0.5, 0.6) is 5.75 Å². The molecule has 0 atom stereocenters. The average molecular weight is 439 g/mol. The molecule has 6 aromatic rings. The standard InChI is InChI=1S/C24H18FN7O/c1-12-27-11-23(32(12)2)19-7-17-22(10-28-19)30-31-24(17)20-6-16-18(8-26-9-21(16)29-20)13-3-14(25)5-15(33)4-13/h3-11,29,33H,1-2H3,(H,30,31). The monoisotopic (exact) mass is 439 g/mol. The molecule has 8 nitrogen and oxygen atoms in total. The molecule has 3 N–H and O–H groups in total. The Labute approximate surface area is 186 Å². The highest BCUT2D eigenvalue weighted by molar-refractivity contribution is 6.01. The van der Waals surface area contributed by atoms with Gasteiger partial charge in [-0.1, -0.05) is 0 Å². The predicted octanol–water partition coefficient (Wildman–Crippen LogP) is 4.72. The van der Waals surface area contributed by atoms with Crippen molar-refractivity contribution >= 4 is 21.8 Å². The van der Waals surface area contributed by atoms with Crippen LogP contribution in [0.4, 0.5) is 4.39 Å². The topological polar surface area (TPSA) is 108 Å². The van der Waals surface area contributed by atoms with E-state index in [1.807, 2.05) is 30.7 Å². The number of aromatic hydroxyl groups is 1. The van der Waals surface area contributed by atoms with E-state index in [4.69, 9.17) is 0 Å². The second-order valence-electron chi connectivity index (χ2n) is 7.97. The number of nitrogens with one attached hydrogen (secondary N) is 2. The summed E-state index contributed by atoms with van der Waals surface area (Å²) in [6, 6.07) is 7.91. The summed E-state index contributed by atoms with van der Waals surface area (Å²) >= 11 is 0. The van der Waals surface area contributed by atoms with Crippen molar-refractivity contribution < 1.29 is 9.50 Å². The number of aryl methyl sites for hydroxylation is 1. The molecule has 1 aromatic carbocycles. The SMILES string of the molecule is Cc1ncc(-c2cc3c(-c4cc5c(-c6cc(O)cc(F)c6)cncc5[nH]4)n[nH]c3cn2)n1C. The van der Waals surface area contributed by atoms with Crippen molar-refractivity contribution in [1.29, 1.82) is 0 Å². The van der Waals surface area contributed by atoms with Crippen molar-refractivity contribution in [2.24, 2.45) is 7.05 Å². The number of fused-ring (bicyclic) bond motifs is 2. The molecule has 0 spiro atoms. The van der Waals surface area contributed by atoms with E-state index in [2.05, 4.69) is 30.1 Å². The number of pyridine rings is 2. The number of phenolic OH excluding ortho intramolecular Hbond substituents is 1. The summed E-state index contributed by atoms with van der Waals surface area (Å²) in [6.45, 7) is 1.94. The highest BCUT2D eigenvalue weighted by Crippen LogP contribution is 2.35. The van der Waals surface area contributed by atoms with Crippen molar-refractivity contribution in [1.82, 2.24) is 34.7 Å². The molecular formula is C24H18FN7O. The molecule has 5 aromatic heterocycles. The van der Waals surface area contributed by atoms with Crippen LogP contribution in [0, 0.1) is 12.7 Å². The lowest BCUT2D eigenvalue weighted by Gasteiger charge is -2.04. The molecule has 0 amide bonds. The zero-order valence-electron chi connectivity index (χ0n) is 17.8. The third kappa shape index (κ3) is 3.05. The zero-order chi connectivity index (χ0) is 22.7. The highest BCUT2D eigenvalue weighted by Gasteiger charge is 2.16. The molecule has 0 saturated carbocycles. The minimum Gasteiger partial charge on any atom is -0.508 e. The quantitative estimate of drug-likeness (QED) is 0.370. The summed E-state index contributed by atoms with van der Waals surface area (Å²) in [5.41, 5.74) is 6.05. The Morgan fingerprint density at radius 1 is 0.939 bits per heavy atom. The zero-order valence-corrected chi connectivity index (χ0v) is 17.8. The summed E-state index contributed by atoms with van der Waals surface area (Å²) in [5, 5.41) is 19.2. The van der Waals surface area contributed by atoms with Gasteiger partial charge in [0.2, 0.25) is 0 Å². The molecule has 0 aliphatic heterocycles. The van der Waals surface area contributed by atoms with Crippen molar-refractivity contribution in [3.8, 4) is 39.7 Å². The number of H-pyrrole nitrogens is 2. The number of aromatic amines is 2. The Morgan fingerprint density at radius 3 is 2.61 bits per heavy atom. The van der Waals surface area contributed by atoms with Gasteiger partial charge in [-0.05, 0) is 36.8 Å². The van der Waals surface area contributed by atoms with Gasteiger partial charge >= 0.3 is 0 Å². The van der Waals surface area contributed by atoms with Gasteiger partial charge in [0.05, 0.1) is 46.7 Å². The number of aromatic nitrogens is 7. The Morgan fingerprint density at radius 2 is 1.82 bits per heavy atom. The molecule has 5 heterocycles. The minimum atomic E-state index is -0.513. The van der Waals surface area contributed by atoms with Gasteiger partial charge in [0.25, 0.3) is 0 Å². The second kappa shape index (κ2) is 6.99. The lowest BCUT2D eigenvalue weighted by atomic mass is 10.0. The molecule has 162 valence electrons. The third-order valence-electron chi connectivity index (χ3n) is 5.92. The number of hydrogen-bond acceptors (Lipinski definition) is 5. The maximum atomic E-state index is 13.9. The fourth-order valence-electron chi connectivity index (χ4n) is 4.14. The lowest BCUT2D eigenvalue weighted by Crippen LogP contribution is -1.95. The minimum absolute atomic E-state index is 0.138. The van der Waals surface area contributed by atoms with Crippen LogP contribution in [0.15, 0.2) is 55.1 Å². The van der Waals surface area contributed by atoms with E-state index in [9.17, 15) is 9.50 Å².